The van der Waals surface area contributed by atoms with Crippen LogP contribution in [0.5, 0.6) is 0 Å². The summed E-state index contributed by atoms with van der Waals surface area (Å²) in [5, 5.41) is 0. The van der Waals surface area contributed by atoms with Gasteiger partial charge in [0.1, 0.15) is 0 Å². The van der Waals surface area contributed by atoms with Crippen LogP contribution in [0.3, 0.4) is 0 Å². The SMILES string of the molecule is CCC(CC)(CN)NS(=O)(=O)c1cccc(SC)c1. The second-order valence-corrected chi connectivity index (χ2v) is 7.04. The van der Waals surface area contributed by atoms with Crippen molar-refractivity contribution in [3.05, 3.63) is 24.3 Å². The molecule has 0 aromatic heterocycles. The number of hydrogen-bond donors (Lipinski definition) is 2. The lowest BCUT2D eigenvalue weighted by Crippen LogP contribution is -2.52. The molecule has 6 heteroatoms. The van der Waals surface area contributed by atoms with Gasteiger partial charge in [0, 0.05) is 17.0 Å². The van der Waals surface area contributed by atoms with Crippen molar-refractivity contribution in [1.82, 2.24) is 4.72 Å². The lowest BCUT2D eigenvalue weighted by molar-refractivity contribution is 0.363. The monoisotopic (exact) mass is 302 g/mol. The van der Waals surface area contributed by atoms with Crippen LogP contribution in [0.25, 0.3) is 0 Å². The summed E-state index contributed by atoms with van der Waals surface area (Å²) in [4.78, 5) is 1.22. The number of hydrogen-bond acceptors (Lipinski definition) is 4. The second kappa shape index (κ2) is 6.74. The fourth-order valence-electron chi connectivity index (χ4n) is 1.84. The topological polar surface area (TPSA) is 72.2 Å². The smallest absolute Gasteiger partial charge is 0.241 e. The molecule has 0 radical (unpaired) electrons. The first kappa shape index (κ1) is 16.5. The molecule has 0 aliphatic carbocycles. The molecule has 0 saturated carbocycles. The number of sulfonamides is 1. The number of thioether (sulfide) groups is 1. The lowest BCUT2D eigenvalue weighted by Gasteiger charge is -2.31. The predicted molar refractivity (Wildman–Crippen MR) is 80.9 cm³/mol. The number of nitrogens with two attached hydrogens (primary N) is 1. The first-order valence-electron chi connectivity index (χ1n) is 6.31. The number of nitrogens with one attached hydrogen (secondary N) is 1. The van der Waals surface area contributed by atoms with Crippen molar-refractivity contribution in [1.29, 1.82) is 0 Å². The first-order valence-corrected chi connectivity index (χ1v) is 9.02. The highest BCUT2D eigenvalue weighted by Gasteiger charge is 2.30. The Hall–Kier alpha value is -0.560. The van der Waals surface area contributed by atoms with E-state index in [4.69, 9.17) is 5.73 Å². The third-order valence-electron chi connectivity index (χ3n) is 3.45. The maximum absolute atomic E-state index is 12.4. The van der Waals surface area contributed by atoms with E-state index < -0.39 is 15.6 Å². The van der Waals surface area contributed by atoms with Crippen LogP contribution in [0.4, 0.5) is 0 Å². The van der Waals surface area contributed by atoms with Crippen LogP contribution in [0.2, 0.25) is 0 Å². The highest BCUT2D eigenvalue weighted by atomic mass is 32.2. The molecule has 3 N–H and O–H groups in total. The minimum atomic E-state index is -3.53. The molecule has 1 rings (SSSR count). The molecule has 108 valence electrons. The van der Waals surface area contributed by atoms with Gasteiger partial charge in [0.2, 0.25) is 10.0 Å². The van der Waals surface area contributed by atoms with E-state index >= 15 is 0 Å². The molecule has 0 amide bonds. The van der Waals surface area contributed by atoms with Gasteiger partial charge in [-0.25, -0.2) is 13.1 Å². The normalized spacial score (nSPS) is 12.6. The molecule has 0 atom stereocenters. The molecular weight excluding hydrogens is 280 g/mol. The quantitative estimate of drug-likeness (QED) is 0.757. The van der Waals surface area contributed by atoms with E-state index in [1.54, 1.807) is 18.2 Å². The third-order valence-corrected chi connectivity index (χ3v) is 5.75. The minimum Gasteiger partial charge on any atom is -0.329 e. The highest BCUT2D eigenvalue weighted by molar-refractivity contribution is 7.98. The van der Waals surface area contributed by atoms with Gasteiger partial charge >= 0.3 is 0 Å². The van der Waals surface area contributed by atoms with Gasteiger partial charge in [-0.2, -0.15) is 0 Å². The van der Waals surface area contributed by atoms with Crippen molar-refractivity contribution in [2.45, 2.75) is 42.0 Å². The van der Waals surface area contributed by atoms with Crippen molar-refractivity contribution in [3.63, 3.8) is 0 Å². The van der Waals surface area contributed by atoms with Crippen LogP contribution in [0.1, 0.15) is 26.7 Å². The van der Waals surface area contributed by atoms with Crippen molar-refractivity contribution < 1.29 is 8.42 Å². The van der Waals surface area contributed by atoms with E-state index in [2.05, 4.69) is 4.72 Å². The van der Waals surface area contributed by atoms with Gasteiger partial charge in [-0.1, -0.05) is 19.9 Å². The fourth-order valence-corrected chi connectivity index (χ4v) is 3.97. The molecule has 0 spiro atoms. The predicted octanol–water partition coefficient (Wildman–Crippen LogP) is 2.20. The van der Waals surface area contributed by atoms with Crippen molar-refractivity contribution >= 4 is 21.8 Å². The molecule has 0 unspecified atom stereocenters. The molecule has 1 aromatic rings. The average molecular weight is 302 g/mol. The second-order valence-electron chi connectivity index (χ2n) is 4.48. The Labute approximate surface area is 120 Å². The Morgan fingerprint density at radius 2 is 1.95 bits per heavy atom. The van der Waals surface area contributed by atoms with E-state index in [1.165, 1.54) is 11.8 Å². The van der Waals surface area contributed by atoms with E-state index in [0.29, 0.717) is 24.3 Å². The highest BCUT2D eigenvalue weighted by Crippen LogP contribution is 2.22. The summed E-state index contributed by atoms with van der Waals surface area (Å²) >= 11 is 1.52. The maximum Gasteiger partial charge on any atom is 0.241 e. The third kappa shape index (κ3) is 3.95. The van der Waals surface area contributed by atoms with Crippen molar-refractivity contribution in [2.24, 2.45) is 5.73 Å². The van der Waals surface area contributed by atoms with Gasteiger partial charge in [-0.15, -0.1) is 11.8 Å². The van der Waals surface area contributed by atoms with Crippen LogP contribution >= 0.6 is 11.8 Å². The summed E-state index contributed by atoms with van der Waals surface area (Å²) in [7, 11) is -3.53. The molecular formula is C13H22N2O2S2. The Morgan fingerprint density at radius 3 is 2.42 bits per heavy atom. The van der Waals surface area contributed by atoms with Crippen molar-refractivity contribution in [3.8, 4) is 0 Å². The fraction of sp³-hybridized carbons (Fsp3) is 0.538. The zero-order valence-electron chi connectivity index (χ0n) is 11.6. The summed E-state index contributed by atoms with van der Waals surface area (Å²) < 4.78 is 27.6. The van der Waals surface area contributed by atoms with Gasteiger partial charge in [0.15, 0.2) is 0 Å². The van der Waals surface area contributed by atoms with Crippen molar-refractivity contribution in [2.75, 3.05) is 12.8 Å². The maximum atomic E-state index is 12.4. The van der Waals surface area contributed by atoms with Crippen LogP contribution in [-0.2, 0) is 10.0 Å². The van der Waals surface area contributed by atoms with E-state index in [1.807, 2.05) is 26.2 Å². The Kier molecular flexibility index (Phi) is 5.85. The minimum absolute atomic E-state index is 0.291. The molecule has 0 bridgehead atoms. The van der Waals surface area contributed by atoms with Gasteiger partial charge in [0.25, 0.3) is 0 Å². The molecule has 0 aliphatic heterocycles. The molecule has 19 heavy (non-hydrogen) atoms. The Bertz CT molecular complexity index is 503. The van der Waals surface area contributed by atoms with Crippen LogP contribution in [0.15, 0.2) is 34.1 Å². The molecule has 4 nitrogen and oxygen atoms in total. The van der Waals surface area contributed by atoms with Gasteiger partial charge < -0.3 is 5.73 Å². The lowest BCUT2D eigenvalue weighted by atomic mass is 9.95. The van der Waals surface area contributed by atoms with E-state index in [9.17, 15) is 8.42 Å². The zero-order valence-corrected chi connectivity index (χ0v) is 13.3. The molecule has 1 aromatic carbocycles. The molecule has 0 aliphatic rings. The van der Waals surface area contributed by atoms with Gasteiger partial charge in [-0.05, 0) is 37.3 Å². The summed E-state index contributed by atoms with van der Waals surface area (Å²) in [6.07, 6.45) is 3.25. The van der Waals surface area contributed by atoms with Crippen LogP contribution in [-0.4, -0.2) is 26.8 Å². The Balaban J connectivity index is 3.10. The summed E-state index contributed by atoms with van der Waals surface area (Å²) in [6.45, 7) is 4.18. The molecule has 0 fully saturated rings. The van der Waals surface area contributed by atoms with Crippen LogP contribution < -0.4 is 10.5 Å². The average Bonchev–Trinajstić information content (AvgIpc) is 2.45. The Morgan fingerprint density at radius 1 is 1.32 bits per heavy atom. The van der Waals surface area contributed by atoms with E-state index in [-0.39, 0.29) is 0 Å². The summed E-state index contributed by atoms with van der Waals surface area (Å²) in [5.41, 5.74) is 5.18. The number of rotatable bonds is 7. The zero-order chi connectivity index (χ0) is 14.5. The molecule has 0 saturated heterocycles. The van der Waals surface area contributed by atoms with Gasteiger partial charge in [-0.3, -0.25) is 0 Å². The first-order chi connectivity index (χ1) is 8.93. The largest absolute Gasteiger partial charge is 0.329 e. The summed E-state index contributed by atoms with van der Waals surface area (Å²) in [6, 6.07) is 6.93. The summed E-state index contributed by atoms with van der Waals surface area (Å²) in [5.74, 6) is 0. The van der Waals surface area contributed by atoms with E-state index in [0.717, 1.165) is 4.90 Å². The molecule has 0 heterocycles. The standard InChI is InChI=1S/C13H22N2O2S2/c1-4-13(5-2,10-14)15-19(16,17)12-8-6-7-11(9-12)18-3/h6-9,15H,4-5,10,14H2,1-3H3. The van der Waals surface area contributed by atoms with Crippen LogP contribution in [0, 0.1) is 0 Å². The number of benzene rings is 1. The van der Waals surface area contributed by atoms with Gasteiger partial charge in [0.05, 0.1) is 4.90 Å².